The molecular formula is C14H20N2O4. The first-order valence-electron chi connectivity index (χ1n) is 6.66. The molecule has 0 bridgehead atoms. The minimum atomic E-state index is -1.16. The van der Waals surface area contributed by atoms with Crippen LogP contribution in [0.1, 0.15) is 50.9 Å². The van der Waals surface area contributed by atoms with Gasteiger partial charge in [-0.25, -0.2) is 9.97 Å². The third-order valence-electron chi connectivity index (χ3n) is 2.64. The predicted octanol–water partition coefficient (Wildman–Crippen LogP) is 1.81. The molecule has 0 aromatic carbocycles. The average molecular weight is 280 g/mol. The van der Waals surface area contributed by atoms with Crippen LogP contribution in [-0.4, -0.2) is 35.1 Å². The molecule has 0 amide bonds. The summed E-state index contributed by atoms with van der Waals surface area (Å²) in [6, 6.07) is 1.64. The smallest absolute Gasteiger partial charge is 0.326 e. The first-order chi connectivity index (χ1) is 9.51. The van der Waals surface area contributed by atoms with Crippen LogP contribution in [0.15, 0.2) is 12.4 Å². The Morgan fingerprint density at radius 3 is 2.00 bits per heavy atom. The van der Waals surface area contributed by atoms with Crippen LogP contribution in [0.2, 0.25) is 0 Å². The largest absolute Gasteiger partial charge is 0.465 e. The zero-order valence-electron chi connectivity index (χ0n) is 12.3. The van der Waals surface area contributed by atoms with Crippen molar-refractivity contribution >= 4 is 11.9 Å². The molecular weight excluding hydrogens is 260 g/mol. The molecule has 0 saturated carbocycles. The number of nitrogens with zero attached hydrogens (tertiary/aromatic N) is 2. The summed E-state index contributed by atoms with van der Waals surface area (Å²) in [5, 5.41) is 0. The molecule has 0 aliphatic rings. The maximum Gasteiger partial charge on any atom is 0.326 e. The number of aromatic nitrogens is 2. The van der Waals surface area contributed by atoms with Crippen molar-refractivity contribution in [2.45, 2.75) is 39.5 Å². The number of esters is 2. The van der Waals surface area contributed by atoms with Crippen LogP contribution in [0, 0.1) is 0 Å². The van der Waals surface area contributed by atoms with Gasteiger partial charge in [0.1, 0.15) is 6.33 Å². The molecule has 20 heavy (non-hydrogen) atoms. The SMILES string of the molecule is CCOC(=O)C(C(=O)OCC)c1cc(C(C)C)ncn1. The van der Waals surface area contributed by atoms with Crippen molar-refractivity contribution in [2.75, 3.05) is 13.2 Å². The van der Waals surface area contributed by atoms with Gasteiger partial charge in [-0.2, -0.15) is 0 Å². The van der Waals surface area contributed by atoms with Crippen LogP contribution in [0.4, 0.5) is 0 Å². The number of hydrogen-bond acceptors (Lipinski definition) is 6. The van der Waals surface area contributed by atoms with Gasteiger partial charge in [-0.1, -0.05) is 13.8 Å². The van der Waals surface area contributed by atoms with Crippen LogP contribution < -0.4 is 0 Å². The van der Waals surface area contributed by atoms with Gasteiger partial charge in [0.15, 0.2) is 5.92 Å². The molecule has 0 radical (unpaired) electrons. The number of hydrogen-bond donors (Lipinski definition) is 0. The van der Waals surface area contributed by atoms with E-state index in [1.54, 1.807) is 19.9 Å². The summed E-state index contributed by atoms with van der Waals surface area (Å²) >= 11 is 0. The summed E-state index contributed by atoms with van der Waals surface area (Å²) in [6.07, 6.45) is 1.34. The lowest BCUT2D eigenvalue weighted by molar-refractivity contribution is -0.157. The zero-order valence-corrected chi connectivity index (χ0v) is 12.3. The molecule has 1 aromatic heterocycles. The molecule has 0 fully saturated rings. The summed E-state index contributed by atoms with van der Waals surface area (Å²) in [4.78, 5) is 32.0. The van der Waals surface area contributed by atoms with E-state index in [0.717, 1.165) is 5.69 Å². The van der Waals surface area contributed by atoms with Crippen molar-refractivity contribution in [2.24, 2.45) is 0 Å². The topological polar surface area (TPSA) is 78.4 Å². The summed E-state index contributed by atoms with van der Waals surface area (Å²) in [5.74, 6) is -2.30. The fourth-order valence-electron chi connectivity index (χ4n) is 1.65. The summed E-state index contributed by atoms with van der Waals surface area (Å²) < 4.78 is 9.85. The van der Waals surface area contributed by atoms with E-state index in [-0.39, 0.29) is 19.1 Å². The van der Waals surface area contributed by atoms with Crippen molar-refractivity contribution < 1.29 is 19.1 Å². The van der Waals surface area contributed by atoms with Gasteiger partial charge in [0, 0.05) is 5.69 Å². The Balaban J connectivity index is 3.12. The fourth-order valence-corrected chi connectivity index (χ4v) is 1.65. The second kappa shape index (κ2) is 7.57. The molecule has 110 valence electrons. The molecule has 0 N–H and O–H groups in total. The van der Waals surface area contributed by atoms with Crippen molar-refractivity contribution in [3.63, 3.8) is 0 Å². The van der Waals surface area contributed by atoms with E-state index >= 15 is 0 Å². The van der Waals surface area contributed by atoms with Gasteiger partial charge in [0.2, 0.25) is 0 Å². The molecule has 6 nitrogen and oxygen atoms in total. The van der Waals surface area contributed by atoms with E-state index in [4.69, 9.17) is 9.47 Å². The highest BCUT2D eigenvalue weighted by molar-refractivity contribution is 6.00. The van der Waals surface area contributed by atoms with E-state index < -0.39 is 17.9 Å². The van der Waals surface area contributed by atoms with E-state index in [1.807, 2.05) is 13.8 Å². The second-order valence-corrected chi connectivity index (χ2v) is 4.46. The molecule has 6 heteroatoms. The van der Waals surface area contributed by atoms with Crippen LogP contribution in [0.5, 0.6) is 0 Å². The minimum Gasteiger partial charge on any atom is -0.465 e. The highest BCUT2D eigenvalue weighted by Crippen LogP contribution is 2.20. The Bertz CT molecular complexity index is 456. The molecule has 0 atom stereocenters. The Morgan fingerprint density at radius 2 is 1.55 bits per heavy atom. The Hall–Kier alpha value is -1.98. The highest BCUT2D eigenvalue weighted by atomic mass is 16.6. The highest BCUT2D eigenvalue weighted by Gasteiger charge is 2.33. The van der Waals surface area contributed by atoms with Crippen LogP contribution >= 0.6 is 0 Å². The zero-order chi connectivity index (χ0) is 15.1. The lowest BCUT2D eigenvalue weighted by Crippen LogP contribution is -2.27. The molecule has 0 aliphatic carbocycles. The van der Waals surface area contributed by atoms with Crippen molar-refractivity contribution in [3.05, 3.63) is 23.8 Å². The van der Waals surface area contributed by atoms with E-state index in [9.17, 15) is 9.59 Å². The average Bonchev–Trinajstić information content (AvgIpc) is 2.40. The van der Waals surface area contributed by atoms with E-state index in [0.29, 0.717) is 5.69 Å². The lowest BCUT2D eigenvalue weighted by atomic mass is 10.0. The Morgan fingerprint density at radius 1 is 1.05 bits per heavy atom. The van der Waals surface area contributed by atoms with Crippen molar-refractivity contribution in [3.8, 4) is 0 Å². The number of rotatable bonds is 6. The maximum absolute atomic E-state index is 12.0. The minimum absolute atomic E-state index is 0.168. The third-order valence-corrected chi connectivity index (χ3v) is 2.64. The standard InChI is InChI=1S/C14H20N2O4/c1-5-19-13(17)12(14(18)20-6-2)11-7-10(9(3)4)15-8-16-11/h7-9,12H,5-6H2,1-4H3. The van der Waals surface area contributed by atoms with Crippen LogP contribution in [0.3, 0.4) is 0 Å². The van der Waals surface area contributed by atoms with Gasteiger partial charge in [0.25, 0.3) is 0 Å². The number of ether oxygens (including phenoxy) is 2. The maximum atomic E-state index is 12.0. The van der Waals surface area contributed by atoms with Gasteiger partial charge in [-0.05, 0) is 25.8 Å². The van der Waals surface area contributed by atoms with Gasteiger partial charge in [-0.3, -0.25) is 9.59 Å². The second-order valence-electron chi connectivity index (χ2n) is 4.46. The molecule has 0 unspecified atom stereocenters. The predicted molar refractivity (Wildman–Crippen MR) is 72.1 cm³/mol. The summed E-state index contributed by atoms with van der Waals surface area (Å²) in [6.45, 7) is 7.68. The Labute approximate surface area is 118 Å². The van der Waals surface area contributed by atoms with Crippen molar-refractivity contribution in [1.82, 2.24) is 9.97 Å². The van der Waals surface area contributed by atoms with E-state index in [2.05, 4.69) is 9.97 Å². The number of carbonyl (C=O) groups excluding carboxylic acids is 2. The first kappa shape index (κ1) is 16.1. The van der Waals surface area contributed by atoms with Crippen LogP contribution in [0.25, 0.3) is 0 Å². The number of carbonyl (C=O) groups is 2. The van der Waals surface area contributed by atoms with Crippen molar-refractivity contribution in [1.29, 1.82) is 0 Å². The van der Waals surface area contributed by atoms with Crippen LogP contribution in [-0.2, 0) is 19.1 Å². The van der Waals surface area contributed by atoms with Gasteiger partial charge in [0.05, 0.1) is 18.9 Å². The fraction of sp³-hybridized carbons (Fsp3) is 0.571. The third kappa shape index (κ3) is 4.01. The summed E-state index contributed by atoms with van der Waals surface area (Å²) in [7, 11) is 0. The quantitative estimate of drug-likeness (QED) is 0.584. The molecule has 1 aromatic rings. The molecule has 0 spiro atoms. The van der Waals surface area contributed by atoms with Gasteiger partial charge >= 0.3 is 11.9 Å². The Kier molecular flexibility index (Phi) is 6.09. The molecule has 0 saturated heterocycles. The van der Waals surface area contributed by atoms with Gasteiger partial charge in [-0.15, -0.1) is 0 Å². The monoisotopic (exact) mass is 280 g/mol. The molecule has 1 heterocycles. The normalized spacial score (nSPS) is 10.7. The summed E-state index contributed by atoms with van der Waals surface area (Å²) in [5.41, 5.74) is 1.06. The molecule has 0 aliphatic heterocycles. The van der Waals surface area contributed by atoms with E-state index in [1.165, 1.54) is 6.33 Å². The lowest BCUT2D eigenvalue weighted by Gasteiger charge is -2.15. The molecule has 1 rings (SSSR count). The first-order valence-corrected chi connectivity index (χ1v) is 6.66. The van der Waals surface area contributed by atoms with Gasteiger partial charge < -0.3 is 9.47 Å².